The van der Waals surface area contributed by atoms with Crippen molar-refractivity contribution >= 4 is 40.9 Å². The van der Waals surface area contributed by atoms with Gasteiger partial charge in [-0.15, -0.1) is 0 Å². The average molecular weight is 551 g/mol. The van der Waals surface area contributed by atoms with E-state index in [1.165, 1.54) is 17.0 Å². The van der Waals surface area contributed by atoms with E-state index in [0.717, 1.165) is 22.1 Å². The van der Waals surface area contributed by atoms with Crippen molar-refractivity contribution in [2.75, 3.05) is 11.4 Å². The van der Waals surface area contributed by atoms with Crippen molar-refractivity contribution in [1.29, 1.82) is 0 Å². The van der Waals surface area contributed by atoms with Crippen LogP contribution >= 0.6 is 11.6 Å². The first-order valence-corrected chi connectivity index (χ1v) is 13.6. The molecule has 2 aliphatic carbocycles. The largest absolute Gasteiger partial charge is 0.508 e. The molecule has 0 spiro atoms. The Morgan fingerprint density at radius 3 is 2.46 bits per heavy atom. The van der Waals surface area contributed by atoms with E-state index >= 15 is 0 Å². The van der Waals surface area contributed by atoms with Gasteiger partial charge in [-0.3, -0.25) is 24.1 Å². The van der Waals surface area contributed by atoms with Gasteiger partial charge in [0.05, 0.1) is 33.9 Å². The number of aromatic hydroxyl groups is 1. The van der Waals surface area contributed by atoms with E-state index in [2.05, 4.69) is 0 Å². The van der Waals surface area contributed by atoms with Crippen molar-refractivity contribution < 1.29 is 28.7 Å². The Kier molecular flexibility index (Phi) is 5.77. The molecule has 202 valence electrons. The van der Waals surface area contributed by atoms with Crippen molar-refractivity contribution in [2.24, 2.45) is 29.1 Å². The number of aryl methyl sites for hydroxylation is 1. The van der Waals surface area contributed by atoms with Gasteiger partial charge in [0.1, 0.15) is 11.6 Å². The number of phenols is 1. The Labute approximate surface area is 230 Å². The van der Waals surface area contributed by atoms with Crippen molar-refractivity contribution in [3.8, 4) is 5.75 Å². The SMILES string of the molecule is CCN1C(=O)[C@H]2[C@H](CC=C3[C@H]2C[C@H]2C(=O)N(c4ccc(F)c(Cl)c4)C(=O)[C@@]2(C)[C@H]3c2ccc(O)c(C)c2)C1=O. The summed E-state index contributed by atoms with van der Waals surface area (Å²) in [5.41, 5.74) is 1.21. The van der Waals surface area contributed by atoms with Crippen LogP contribution in [0.4, 0.5) is 10.1 Å². The van der Waals surface area contributed by atoms with Gasteiger partial charge in [0, 0.05) is 12.5 Å². The third kappa shape index (κ3) is 3.40. The van der Waals surface area contributed by atoms with Crippen LogP contribution in [-0.4, -0.2) is 40.2 Å². The second-order valence-corrected chi connectivity index (χ2v) is 11.6. The highest BCUT2D eigenvalue weighted by Gasteiger charge is 2.67. The zero-order valence-electron chi connectivity index (χ0n) is 21.8. The van der Waals surface area contributed by atoms with E-state index < -0.39 is 52.6 Å². The normalized spacial score (nSPS) is 31.8. The highest BCUT2D eigenvalue weighted by molar-refractivity contribution is 6.31. The molecule has 0 aromatic heterocycles. The molecule has 0 bridgehead atoms. The molecule has 39 heavy (non-hydrogen) atoms. The zero-order chi connectivity index (χ0) is 28.0. The van der Waals surface area contributed by atoms with Gasteiger partial charge >= 0.3 is 0 Å². The van der Waals surface area contributed by atoms with E-state index in [-0.39, 0.29) is 41.2 Å². The molecular weight excluding hydrogens is 523 g/mol. The topological polar surface area (TPSA) is 95.0 Å². The number of carbonyl (C=O) groups is 4. The number of carbonyl (C=O) groups excluding carboxylic acids is 4. The van der Waals surface area contributed by atoms with Gasteiger partial charge in [-0.05, 0) is 74.9 Å². The summed E-state index contributed by atoms with van der Waals surface area (Å²) in [6, 6.07) is 8.89. The number of benzene rings is 2. The smallest absolute Gasteiger partial charge is 0.241 e. The number of imide groups is 2. The average Bonchev–Trinajstić information content (AvgIpc) is 3.26. The Hall–Kier alpha value is -3.52. The fourth-order valence-corrected chi connectivity index (χ4v) is 7.68. The van der Waals surface area contributed by atoms with Gasteiger partial charge in [-0.1, -0.05) is 35.4 Å². The number of phenolic OH excluding ortho intramolecular Hbond substituents is 1. The van der Waals surface area contributed by atoms with Crippen molar-refractivity contribution in [1.82, 2.24) is 4.90 Å². The van der Waals surface area contributed by atoms with Crippen molar-refractivity contribution in [3.63, 3.8) is 0 Å². The number of amides is 4. The van der Waals surface area contributed by atoms with Crippen LogP contribution in [0.15, 0.2) is 48.0 Å². The van der Waals surface area contributed by atoms with E-state index in [4.69, 9.17) is 11.6 Å². The molecule has 2 aliphatic heterocycles. The maximum absolute atomic E-state index is 14.3. The number of rotatable bonds is 3. The molecule has 2 aromatic rings. The van der Waals surface area contributed by atoms with Gasteiger partial charge in [-0.25, -0.2) is 9.29 Å². The second kappa shape index (κ2) is 8.74. The molecule has 4 aliphatic rings. The van der Waals surface area contributed by atoms with Crippen LogP contribution in [0.25, 0.3) is 0 Å². The summed E-state index contributed by atoms with van der Waals surface area (Å²) in [4.78, 5) is 57.3. The van der Waals surface area contributed by atoms with Crippen LogP contribution < -0.4 is 4.90 Å². The monoisotopic (exact) mass is 550 g/mol. The number of anilines is 1. The lowest BCUT2D eigenvalue weighted by atomic mass is 9.51. The fraction of sp³-hybridized carbons (Fsp3) is 0.400. The van der Waals surface area contributed by atoms with Crippen LogP contribution in [0, 0.1) is 41.8 Å². The third-order valence-corrected chi connectivity index (χ3v) is 9.69. The molecule has 6 atom stereocenters. The number of likely N-dealkylation sites (tertiary alicyclic amines) is 1. The van der Waals surface area contributed by atoms with Gasteiger partial charge in [0.25, 0.3) is 0 Å². The van der Waals surface area contributed by atoms with E-state index in [1.54, 1.807) is 32.9 Å². The van der Waals surface area contributed by atoms with Crippen LogP contribution in [0.2, 0.25) is 5.02 Å². The lowest BCUT2D eigenvalue weighted by Crippen LogP contribution is -2.48. The highest BCUT2D eigenvalue weighted by atomic mass is 35.5. The summed E-state index contributed by atoms with van der Waals surface area (Å²) in [6.45, 7) is 5.59. The number of nitrogens with zero attached hydrogens (tertiary/aromatic N) is 2. The Bertz CT molecular complexity index is 1500. The summed E-state index contributed by atoms with van der Waals surface area (Å²) < 4.78 is 13.9. The van der Waals surface area contributed by atoms with Crippen LogP contribution in [-0.2, 0) is 19.2 Å². The lowest BCUT2D eigenvalue weighted by Gasteiger charge is -2.49. The Morgan fingerprint density at radius 1 is 1.05 bits per heavy atom. The minimum Gasteiger partial charge on any atom is -0.508 e. The van der Waals surface area contributed by atoms with Crippen LogP contribution in [0.5, 0.6) is 5.75 Å². The third-order valence-electron chi connectivity index (χ3n) is 9.40. The molecule has 7 nitrogen and oxygen atoms in total. The van der Waals surface area contributed by atoms with Crippen molar-refractivity contribution in [2.45, 2.75) is 39.5 Å². The first-order chi connectivity index (χ1) is 18.5. The summed E-state index contributed by atoms with van der Waals surface area (Å²) in [6.07, 6.45) is 2.61. The molecule has 1 N–H and O–H groups in total. The molecule has 3 fully saturated rings. The minimum absolute atomic E-state index is 0.108. The summed E-state index contributed by atoms with van der Waals surface area (Å²) in [7, 11) is 0. The number of allylic oxidation sites excluding steroid dienone is 2. The van der Waals surface area contributed by atoms with Gasteiger partial charge in [0.2, 0.25) is 23.6 Å². The van der Waals surface area contributed by atoms with E-state index in [0.29, 0.717) is 12.0 Å². The van der Waals surface area contributed by atoms with Gasteiger partial charge in [0.15, 0.2) is 0 Å². The summed E-state index contributed by atoms with van der Waals surface area (Å²) >= 11 is 6.02. The number of halogens is 2. The molecule has 6 rings (SSSR count). The second-order valence-electron chi connectivity index (χ2n) is 11.2. The van der Waals surface area contributed by atoms with Gasteiger partial charge < -0.3 is 5.11 Å². The standard InChI is InChI=1S/C30H28ClFN2O5/c1-4-33-26(36)18-8-7-17-19(24(18)28(33)38)13-20-27(37)34(16-6-9-22(32)21(31)12-16)29(39)30(20,3)25(17)15-5-10-23(35)14(2)11-15/h5-7,9-12,18-20,24-25,35H,4,8,13H2,1-3H3/t18-,19+,20-,24-,25-,30+/m0/s1. The molecule has 9 heteroatoms. The quantitative estimate of drug-likeness (QED) is 0.440. The Balaban J connectivity index is 1.53. The molecular formula is C30H28ClFN2O5. The number of fused-ring (bicyclic) bond motifs is 4. The van der Waals surface area contributed by atoms with E-state index in [1.807, 2.05) is 12.1 Å². The molecule has 0 radical (unpaired) electrons. The summed E-state index contributed by atoms with van der Waals surface area (Å²) in [5.74, 6) is -4.68. The predicted octanol–water partition coefficient (Wildman–Crippen LogP) is 4.74. The van der Waals surface area contributed by atoms with Crippen molar-refractivity contribution in [3.05, 3.63) is 70.0 Å². The molecule has 0 unspecified atom stereocenters. The number of hydrogen-bond acceptors (Lipinski definition) is 5. The molecule has 2 heterocycles. The molecule has 1 saturated carbocycles. The lowest BCUT2D eigenvalue weighted by molar-refractivity contribution is -0.140. The summed E-state index contributed by atoms with van der Waals surface area (Å²) in [5, 5.41) is 10.0. The highest BCUT2D eigenvalue weighted by Crippen LogP contribution is 2.63. The maximum atomic E-state index is 14.3. The molecule has 4 amide bonds. The van der Waals surface area contributed by atoms with E-state index in [9.17, 15) is 28.7 Å². The van der Waals surface area contributed by atoms with Crippen LogP contribution in [0.3, 0.4) is 0 Å². The molecule has 2 saturated heterocycles. The molecule has 2 aromatic carbocycles. The number of hydrogen-bond donors (Lipinski definition) is 1. The Morgan fingerprint density at radius 2 is 1.79 bits per heavy atom. The van der Waals surface area contributed by atoms with Crippen LogP contribution in [0.1, 0.15) is 43.7 Å². The fourth-order valence-electron chi connectivity index (χ4n) is 7.50. The van der Waals surface area contributed by atoms with Gasteiger partial charge in [-0.2, -0.15) is 0 Å². The zero-order valence-corrected chi connectivity index (χ0v) is 22.5. The first kappa shape index (κ1) is 25.7. The maximum Gasteiger partial charge on any atom is 0.241 e. The predicted molar refractivity (Wildman–Crippen MR) is 141 cm³/mol. The minimum atomic E-state index is -1.22. The first-order valence-electron chi connectivity index (χ1n) is 13.2.